The van der Waals surface area contributed by atoms with Gasteiger partial charge >= 0.3 is 12.1 Å². The molecule has 1 rings (SSSR count). The van der Waals surface area contributed by atoms with Crippen LogP contribution in [0.25, 0.3) is 0 Å². The summed E-state index contributed by atoms with van der Waals surface area (Å²) in [5.74, 6) is -0.897. The van der Waals surface area contributed by atoms with Crippen LogP contribution >= 0.6 is 0 Å². The molecule has 1 heterocycles. The molecule has 0 aromatic carbocycles. The molecule has 0 saturated carbocycles. The standard InChI is InChI=1S/C14H26N2O4/c1-5-16-8-6-14(7-9-16,10-11(17)18)15-12(19)20-13(2,3)4/h5-10H2,1-4H3,(H,15,19)(H,17,18). The van der Waals surface area contributed by atoms with E-state index in [2.05, 4.69) is 17.1 Å². The van der Waals surface area contributed by atoms with E-state index in [0.717, 1.165) is 19.6 Å². The molecule has 0 aromatic heterocycles. The number of nitrogens with one attached hydrogen (secondary N) is 1. The zero-order valence-corrected chi connectivity index (χ0v) is 12.9. The molecule has 1 aliphatic heterocycles. The lowest BCUT2D eigenvalue weighted by Crippen LogP contribution is -2.57. The minimum atomic E-state index is -0.897. The smallest absolute Gasteiger partial charge is 0.408 e. The third kappa shape index (κ3) is 5.36. The number of carbonyl (C=O) groups is 2. The molecule has 0 bridgehead atoms. The maximum atomic E-state index is 11.9. The van der Waals surface area contributed by atoms with Crippen molar-refractivity contribution in [3.63, 3.8) is 0 Å². The van der Waals surface area contributed by atoms with Gasteiger partial charge in [-0.05, 0) is 40.2 Å². The van der Waals surface area contributed by atoms with Gasteiger partial charge < -0.3 is 20.1 Å². The SMILES string of the molecule is CCN1CCC(CC(=O)O)(NC(=O)OC(C)(C)C)CC1. The maximum absolute atomic E-state index is 11.9. The molecule has 116 valence electrons. The summed E-state index contributed by atoms with van der Waals surface area (Å²) in [7, 11) is 0. The number of alkyl carbamates (subject to hydrolysis) is 1. The average Bonchev–Trinajstić information content (AvgIpc) is 2.26. The number of amides is 1. The van der Waals surface area contributed by atoms with E-state index in [4.69, 9.17) is 9.84 Å². The van der Waals surface area contributed by atoms with Gasteiger partial charge in [-0.15, -0.1) is 0 Å². The van der Waals surface area contributed by atoms with Gasteiger partial charge in [0.05, 0.1) is 12.0 Å². The van der Waals surface area contributed by atoms with Crippen molar-refractivity contribution in [1.82, 2.24) is 10.2 Å². The van der Waals surface area contributed by atoms with Crippen molar-refractivity contribution in [2.75, 3.05) is 19.6 Å². The molecule has 20 heavy (non-hydrogen) atoms. The van der Waals surface area contributed by atoms with Crippen LogP contribution in [0.2, 0.25) is 0 Å². The van der Waals surface area contributed by atoms with Crippen LogP contribution in [0.15, 0.2) is 0 Å². The van der Waals surface area contributed by atoms with Crippen molar-refractivity contribution in [2.24, 2.45) is 0 Å². The molecular formula is C14H26N2O4. The Labute approximate surface area is 120 Å². The number of hydrogen-bond donors (Lipinski definition) is 2. The lowest BCUT2D eigenvalue weighted by Gasteiger charge is -2.41. The highest BCUT2D eigenvalue weighted by Crippen LogP contribution is 2.26. The summed E-state index contributed by atoms with van der Waals surface area (Å²) in [6.45, 7) is 9.96. The second kappa shape index (κ2) is 6.43. The van der Waals surface area contributed by atoms with Crippen LogP contribution in [0.4, 0.5) is 4.79 Å². The van der Waals surface area contributed by atoms with E-state index in [1.165, 1.54) is 0 Å². The van der Waals surface area contributed by atoms with E-state index in [1.807, 2.05) is 0 Å². The number of likely N-dealkylation sites (tertiary alicyclic amines) is 1. The Morgan fingerprint density at radius 2 is 1.85 bits per heavy atom. The number of carbonyl (C=O) groups excluding carboxylic acids is 1. The Kier molecular flexibility index (Phi) is 5.39. The predicted molar refractivity (Wildman–Crippen MR) is 75.7 cm³/mol. The van der Waals surface area contributed by atoms with Gasteiger partial charge in [-0.3, -0.25) is 4.79 Å². The Balaban J connectivity index is 2.70. The molecule has 1 amide bonds. The highest BCUT2D eigenvalue weighted by Gasteiger charge is 2.38. The molecule has 0 unspecified atom stereocenters. The summed E-state index contributed by atoms with van der Waals surface area (Å²) in [5.41, 5.74) is -1.28. The minimum absolute atomic E-state index is 0.0657. The number of carboxylic acids is 1. The van der Waals surface area contributed by atoms with Gasteiger partial charge in [0.25, 0.3) is 0 Å². The Bertz CT molecular complexity index is 355. The average molecular weight is 286 g/mol. The zero-order valence-electron chi connectivity index (χ0n) is 12.9. The van der Waals surface area contributed by atoms with Gasteiger partial charge in [0.1, 0.15) is 5.60 Å². The molecule has 1 aliphatic rings. The van der Waals surface area contributed by atoms with Crippen LogP contribution in [0.3, 0.4) is 0 Å². The molecule has 0 aliphatic carbocycles. The second-order valence-electron chi connectivity index (χ2n) is 6.41. The Morgan fingerprint density at radius 3 is 2.25 bits per heavy atom. The number of nitrogens with zero attached hydrogens (tertiary/aromatic N) is 1. The van der Waals surface area contributed by atoms with Crippen LogP contribution in [-0.2, 0) is 9.53 Å². The van der Waals surface area contributed by atoms with E-state index in [-0.39, 0.29) is 6.42 Å². The van der Waals surface area contributed by atoms with Crippen LogP contribution in [0, 0.1) is 0 Å². The molecule has 0 atom stereocenters. The molecule has 0 spiro atoms. The highest BCUT2D eigenvalue weighted by atomic mass is 16.6. The van der Waals surface area contributed by atoms with E-state index in [0.29, 0.717) is 12.8 Å². The first-order valence-corrected chi connectivity index (χ1v) is 7.11. The van der Waals surface area contributed by atoms with Crippen molar-refractivity contribution in [3.05, 3.63) is 0 Å². The van der Waals surface area contributed by atoms with Gasteiger partial charge in [0, 0.05) is 13.1 Å². The first-order chi connectivity index (χ1) is 9.16. The van der Waals surface area contributed by atoms with Crippen LogP contribution in [0.5, 0.6) is 0 Å². The quantitative estimate of drug-likeness (QED) is 0.824. The van der Waals surface area contributed by atoms with E-state index >= 15 is 0 Å². The van der Waals surface area contributed by atoms with E-state index in [9.17, 15) is 9.59 Å². The fourth-order valence-corrected chi connectivity index (χ4v) is 2.45. The number of ether oxygens (including phenoxy) is 1. The topological polar surface area (TPSA) is 78.9 Å². The third-order valence-corrected chi connectivity index (χ3v) is 3.52. The summed E-state index contributed by atoms with van der Waals surface area (Å²) in [5, 5.41) is 11.9. The predicted octanol–water partition coefficient (Wildman–Crippen LogP) is 1.84. The summed E-state index contributed by atoms with van der Waals surface area (Å²) < 4.78 is 5.24. The lowest BCUT2D eigenvalue weighted by atomic mass is 9.84. The molecule has 1 saturated heterocycles. The third-order valence-electron chi connectivity index (χ3n) is 3.52. The van der Waals surface area contributed by atoms with Crippen LogP contribution in [-0.4, -0.2) is 52.8 Å². The summed E-state index contributed by atoms with van der Waals surface area (Å²) in [6, 6.07) is 0. The maximum Gasteiger partial charge on any atom is 0.408 e. The zero-order chi connectivity index (χ0) is 15.4. The van der Waals surface area contributed by atoms with Crippen molar-refractivity contribution in [2.45, 2.75) is 58.1 Å². The van der Waals surface area contributed by atoms with Gasteiger partial charge in [-0.2, -0.15) is 0 Å². The van der Waals surface area contributed by atoms with Crippen molar-refractivity contribution >= 4 is 12.1 Å². The monoisotopic (exact) mass is 286 g/mol. The van der Waals surface area contributed by atoms with Crippen molar-refractivity contribution in [1.29, 1.82) is 0 Å². The van der Waals surface area contributed by atoms with Crippen molar-refractivity contribution < 1.29 is 19.4 Å². The molecule has 1 fully saturated rings. The fourth-order valence-electron chi connectivity index (χ4n) is 2.45. The number of piperidine rings is 1. The molecule has 6 nitrogen and oxygen atoms in total. The van der Waals surface area contributed by atoms with Gasteiger partial charge in [-0.1, -0.05) is 6.92 Å². The van der Waals surface area contributed by atoms with E-state index in [1.54, 1.807) is 20.8 Å². The first-order valence-electron chi connectivity index (χ1n) is 7.11. The normalized spacial score (nSPS) is 19.4. The lowest BCUT2D eigenvalue weighted by molar-refractivity contribution is -0.139. The van der Waals surface area contributed by atoms with Gasteiger partial charge in [0.15, 0.2) is 0 Å². The second-order valence-corrected chi connectivity index (χ2v) is 6.41. The number of rotatable bonds is 4. The molecule has 0 radical (unpaired) electrons. The Morgan fingerprint density at radius 1 is 1.30 bits per heavy atom. The van der Waals surface area contributed by atoms with Gasteiger partial charge in [-0.25, -0.2) is 4.79 Å². The molecular weight excluding hydrogens is 260 g/mol. The van der Waals surface area contributed by atoms with Gasteiger partial charge in [0.2, 0.25) is 0 Å². The first kappa shape index (κ1) is 16.8. The summed E-state index contributed by atoms with van der Waals surface area (Å²) >= 11 is 0. The fraction of sp³-hybridized carbons (Fsp3) is 0.857. The molecule has 2 N–H and O–H groups in total. The summed E-state index contributed by atoms with van der Waals surface area (Å²) in [6.07, 6.45) is 0.659. The van der Waals surface area contributed by atoms with Crippen LogP contribution < -0.4 is 5.32 Å². The Hall–Kier alpha value is -1.30. The number of aliphatic carboxylic acids is 1. The molecule has 0 aromatic rings. The van der Waals surface area contributed by atoms with Crippen molar-refractivity contribution in [3.8, 4) is 0 Å². The van der Waals surface area contributed by atoms with Crippen LogP contribution in [0.1, 0.15) is 47.0 Å². The molecule has 6 heteroatoms. The largest absolute Gasteiger partial charge is 0.481 e. The number of hydrogen-bond acceptors (Lipinski definition) is 4. The highest BCUT2D eigenvalue weighted by molar-refractivity contribution is 5.73. The van der Waals surface area contributed by atoms with E-state index < -0.39 is 23.2 Å². The summed E-state index contributed by atoms with van der Waals surface area (Å²) in [4.78, 5) is 25.3. The number of carboxylic acid groups (broad SMARTS) is 1. The minimum Gasteiger partial charge on any atom is -0.481 e.